The molecule has 0 bridgehead atoms. The van der Waals surface area contributed by atoms with Crippen molar-refractivity contribution in [3.63, 3.8) is 0 Å². The van der Waals surface area contributed by atoms with Gasteiger partial charge in [0.15, 0.2) is 0 Å². The molecule has 0 aliphatic rings. The number of carbonyl (C=O) groups is 1. The molecule has 106 valence electrons. The van der Waals surface area contributed by atoms with Crippen molar-refractivity contribution in [1.29, 1.82) is 0 Å². The first-order valence-corrected chi connectivity index (χ1v) is 7.60. The third-order valence-electron chi connectivity index (χ3n) is 2.93. The van der Waals surface area contributed by atoms with E-state index in [-0.39, 0.29) is 5.56 Å². The molecule has 0 fully saturated rings. The van der Waals surface area contributed by atoms with Gasteiger partial charge in [0.05, 0.1) is 6.61 Å². The van der Waals surface area contributed by atoms with Crippen LogP contribution in [0.15, 0.2) is 22.7 Å². The van der Waals surface area contributed by atoms with Gasteiger partial charge in [0.25, 0.3) is 0 Å². The van der Waals surface area contributed by atoms with Gasteiger partial charge >= 0.3 is 5.97 Å². The Kier molecular flexibility index (Phi) is 7.56. The van der Waals surface area contributed by atoms with Gasteiger partial charge in [0.1, 0.15) is 11.3 Å². The van der Waals surface area contributed by atoms with Gasteiger partial charge in [0, 0.05) is 4.47 Å². The first-order valence-electron chi connectivity index (χ1n) is 6.80. The number of carboxylic acid groups (broad SMARTS) is 1. The summed E-state index contributed by atoms with van der Waals surface area (Å²) in [4.78, 5) is 11.1. The number of benzene rings is 1. The van der Waals surface area contributed by atoms with Gasteiger partial charge in [0.2, 0.25) is 0 Å². The van der Waals surface area contributed by atoms with E-state index in [0.717, 1.165) is 17.3 Å². The fraction of sp³-hybridized carbons (Fsp3) is 0.533. The summed E-state index contributed by atoms with van der Waals surface area (Å²) in [6.45, 7) is 2.78. The molecule has 3 nitrogen and oxygen atoms in total. The van der Waals surface area contributed by atoms with Crippen LogP contribution in [0.3, 0.4) is 0 Å². The van der Waals surface area contributed by atoms with Crippen LogP contribution in [0, 0.1) is 0 Å². The molecule has 0 aliphatic heterocycles. The highest BCUT2D eigenvalue weighted by molar-refractivity contribution is 9.10. The molecule has 1 aromatic rings. The van der Waals surface area contributed by atoms with Crippen molar-refractivity contribution in [2.24, 2.45) is 0 Å². The van der Waals surface area contributed by atoms with Gasteiger partial charge in [-0.15, -0.1) is 0 Å². The van der Waals surface area contributed by atoms with E-state index in [2.05, 4.69) is 22.9 Å². The van der Waals surface area contributed by atoms with Gasteiger partial charge in [-0.1, -0.05) is 55.0 Å². The highest BCUT2D eigenvalue weighted by Crippen LogP contribution is 2.23. The smallest absolute Gasteiger partial charge is 0.339 e. The van der Waals surface area contributed by atoms with E-state index < -0.39 is 5.97 Å². The van der Waals surface area contributed by atoms with Crippen LogP contribution in [0.25, 0.3) is 0 Å². The fourth-order valence-electron chi connectivity index (χ4n) is 1.86. The maximum atomic E-state index is 11.1. The second kappa shape index (κ2) is 8.97. The minimum absolute atomic E-state index is 0.209. The number of halogens is 1. The molecule has 1 aromatic carbocycles. The summed E-state index contributed by atoms with van der Waals surface area (Å²) in [5, 5.41) is 9.09. The van der Waals surface area contributed by atoms with Crippen LogP contribution >= 0.6 is 15.9 Å². The quantitative estimate of drug-likeness (QED) is 0.656. The lowest BCUT2D eigenvalue weighted by molar-refractivity contribution is 0.0692. The highest BCUT2D eigenvalue weighted by atomic mass is 79.9. The maximum Gasteiger partial charge on any atom is 0.339 e. The standard InChI is InChI=1S/C15H21BrO3/c1-2-3-4-5-6-7-10-19-14-9-8-12(16)11-13(14)15(17)18/h8-9,11H,2-7,10H2,1H3,(H,17,18). The monoisotopic (exact) mass is 328 g/mol. The second-order valence-electron chi connectivity index (χ2n) is 4.56. The van der Waals surface area contributed by atoms with E-state index in [1.807, 2.05) is 0 Å². The Morgan fingerprint density at radius 2 is 1.89 bits per heavy atom. The number of hydrogen-bond donors (Lipinski definition) is 1. The molecular formula is C15H21BrO3. The largest absolute Gasteiger partial charge is 0.493 e. The minimum atomic E-state index is -0.959. The minimum Gasteiger partial charge on any atom is -0.493 e. The van der Waals surface area contributed by atoms with Gasteiger partial charge < -0.3 is 9.84 Å². The average Bonchev–Trinajstić information content (AvgIpc) is 2.39. The van der Waals surface area contributed by atoms with Crippen LogP contribution in [0.1, 0.15) is 55.8 Å². The summed E-state index contributed by atoms with van der Waals surface area (Å²) >= 11 is 3.26. The summed E-state index contributed by atoms with van der Waals surface area (Å²) in [6.07, 6.45) is 7.14. The first-order chi connectivity index (χ1) is 9.15. The lowest BCUT2D eigenvalue weighted by atomic mass is 10.1. The first kappa shape index (κ1) is 16.0. The zero-order valence-corrected chi connectivity index (χ0v) is 12.9. The molecule has 19 heavy (non-hydrogen) atoms. The van der Waals surface area contributed by atoms with Crippen molar-refractivity contribution in [2.45, 2.75) is 45.4 Å². The van der Waals surface area contributed by atoms with E-state index in [4.69, 9.17) is 9.84 Å². The Hall–Kier alpha value is -1.03. The van der Waals surface area contributed by atoms with Gasteiger partial charge in [-0.25, -0.2) is 4.79 Å². The lowest BCUT2D eigenvalue weighted by Gasteiger charge is -2.09. The Bertz CT molecular complexity index is 404. The fourth-order valence-corrected chi connectivity index (χ4v) is 2.22. The van der Waals surface area contributed by atoms with Crippen molar-refractivity contribution in [3.05, 3.63) is 28.2 Å². The lowest BCUT2D eigenvalue weighted by Crippen LogP contribution is -2.04. The van der Waals surface area contributed by atoms with Crippen LogP contribution < -0.4 is 4.74 Å². The zero-order chi connectivity index (χ0) is 14.1. The van der Waals surface area contributed by atoms with Crippen molar-refractivity contribution >= 4 is 21.9 Å². The Labute approximate surface area is 123 Å². The Morgan fingerprint density at radius 1 is 1.21 bits per heavy atom. The third-order valence-corrected chi connectivity index (χ3v) is 3.42. The summed E-state index contributed by atoms with van der Waals surface area (Å²) in [7, 11) is 0. The molecule has 0 aromatic heterocycles. The molecule has 0 saturated carbocycles. The molecule has 0 unspecified atom stereocenters. The van der Waals surface area contributed by atoms with E-state index in [1.165, 1.54) is 25.7 Å². The molecule has 0 radical (unpaired) electrons. The topological polar surface area (TPSA) is 46.5 Å². The van der Waals surface area contributed by atoms with Gasteiger partial charge in [-0.05, 0) is 24.6 Å². The van der Waals surface area contributed by atoms with Crippen LogP contribution in [0.5, 0.6) is 5.75 Å². The number of aromatic carboxylic acids is 1. The van der Waals surface area contributed by atoms with Crippen LogP contribution in [0.4, 0.5) is 0 Å². The molecule has 0 aliphatic carbocycles. The Morgan fingerprint density at radius 3 is 2.58 bits per heavy atom. The molecular weight excluding hydrogens is 308 g/mol. The predicted octanol–water partition coefficient (Wildman–Crippen LogP) is 4.89. The molecule has 1 N–H and O–H groups in total. The van der Waals surface area contributed by atoms with E-state index in [9.17, 15) is 4.79 Å². The molecule has 0 amide bonds. The molecule has 1 rings (SSSR count). The molecule has 0 heterocycles. The summed E-state index contributed by atoms with van der Waals surface area (Å²) < 4.78 is 6.31. The van der Waals surface area contributed by atoms with Crippen molar-refractivity contribution < 1.29 is 14.6 Å². The van der Waals surface area contributed by atoms with Crippen molar-refractivity contribution in [3.8, 4) is 5.75 Å². The number of unbranched alkanes of at least 4 members (excludes halogenated alkanes) is 5. The third kappa shape index (κ3) is 6.10. The maximum absolute atomic E-state index is 11.1. The number of ether oxygens (including phenoxy) is 1. The Balaban J connectivity index is 2.35. The SMILES string of the molecule is CCCCCCCCOc1ccc(Br)cc1C(=O)O. The van der Waals surface area contributed by atoms with Gasteiger partial charge in [-0.2, -0.15) is 0 Å². The number of hydrogen-bond acceptors (Lipinski definition) is 2. The summed E-state index contributed by atoms with van der Waals surface area (Å²) in [6, 6.07) is 5.06. The summed E-state index contributed by atoms with van der Waals surface area (Å²) in [5.41, 5.74) is 0.209. The molecule has 4 heteroatoms. The number of carboxylic acids is 1. The van der Waals surface area contributed by atoms with Crippen LogP contribution in [0.2, 0.25) is 0 Å². The summed E-state index contributed by atoms with van der Waals surface area (Å²) in [5.74, 6) is -0.511. The predicted molar refractivity (Wildman–Crippen MR) is 80.0 cm³/mol. The van der Waals surface area contributed by atoms with Crippen LogP contribution in [-0.4, -0.2) is 17.7 Å². The van der Waals surface area contributed by atoms with Crippen LogP contribution in [-0.2, 0) is 0 Å². The zero-order valence-electron chi connectivity index (χ0n) is 11.3. The molecule has 0 spiro atoms. The van der Waals surface area contributed by atoms with Gasteiger partial charge in [-0.3, -0.25) is 0 Å². The highest BCUT2D eigenvalue weighted by Gasteiger charge is 2.11. The normalized spacial score (nSPS) is 10.4. The van der Waals surface area contributed by atoms with E-state index >= 15 is 0 Å². The van der Waals surface area contributed by atoms with Crippen molar-refractivity contribution in [1.82, 2.24) is 0 Å². The average molecular weight is 329 g/mol. The molecule has 0 atom stereocenters. The van der Waals surface area contributed by atoms with E-state index in [0.29, 0.717) is 12.4 Å². The van der Waals surface area contributed by atoms with Crippen molar-refractivity contribution in [2.75, 3.05) is 6.61 Å². The molecule has 0 saturated heterocycles. The second-order valence-corrected chi connectivity index (χ2v) is 5.48. The van der Waals surface area contributed by atoms with E-state index in [1.54, 1.807) is 18.2 Å². The number of rotatable bonds is 9.